The molecule has 0 radical (unpaired) electrons. The Morgan fingerprint density at radius 2 is 2.07 bits per heavy atom. The first-order chi connectivity index (χ1) is 6.68. The molecule has 14 heavy (non-hydrogen) atoms. The average Bonchev–Trinajstić information content (AvgIpc) is 2.23. The van der Waals surface area contributed by atoms with E-state index in [1.807, 2.05) is 6.08 Å². The van der Waals surface area contributed by atoms with Gasteiger partial charge in [-0.05, 0) is 18.3 Å². The number of methoxy groups -OCH3 is 1. The lowest BCUT2D eigenvalue weighted by atomic mass is 9.88. The van der Waals surface area contributed by atoms with Gasteiger partial charge in [-0.1, -0.05) is 28.9 Å². The maximum atomic E-state index is 5.38. The van der Waals surface area contributed by atoms with E-state index in [0.717, 1.165) is 24.8 Å². The molecule has 2 nitrogen and oxygen atoms in total. The number of halogens is 1. The summed E-state index contributed by atoms with van der Waals surface area (Å²) in [5, 5.41) is 0.960. The molecule has 1 atom stereocenters. The second-order valence-electron chi connectivity index (χ2n) is 3.70. The number of hydrogen-bond acceptors (Lipinski definition) is 2. The van der Waals surface area contributed by atoms with Gasteiger partial charge >= 0.3 is 0 Å². The van der Waals surface area contributed by atoms with Crippen molar-refractivity contribution in [2.45, 2.75) is 19.8 Å². The topological polar surface area (TPSA) is 18.5 Å². The highest BCUT2D eigenvalue weighted by atomic mass is 79.9. The van der Waals surface area contributed by atoms with E-state index >= 15 is 0 Å². The summed E-state index contributed by atoms with van der Waals surface area (Å²) in [6, 6.07) is 0. The molecule has 0 bridgehead atoms. The maximum absolute atomic E-state index is 5.38. The van der Waals surface area contributed by atoms with Crippen LogP contribution in [0.3, 0.4) is 0 Å². The summed E-state index contributed by atoms with van der Waals surface area (Å²) in [5.74, 6) is 0. The van der Waals surface area contributed by atoms with Crippen LogP contribution in [0.4, 0.5) is 0 Å². The zero-order valence-electron chi connectivity index (χ0n) is 9.22. The lowest BCUT2D eigenvalue weighted by molar-refractivity contribution is 0.0664. The van der Waals surface area contributed by atoms with Crippen molar-refractivity contribution in [1.82, 2.24) is 0 Å². The lowest BCUT2D eigenvalue weighted by Gasteiger charge is -2.22. The van der Waals surface area contributed by atoms with Gasteiger partial charge in [0.05, 0.1) is 13.2 Å². The van der Waals surface area contributed by atoms with Gasteiger partial charge in [0, 0.05) is 19.0 Å². The summed E-state index contributed by atoms with van der Waals surface area (Å²) in [7, 11) is 1.68. The molecule has 0 rings (SSSR count). The highest BCUT2D eigenvalue weighted by Gasteiger charge is 2.17. The molecular weight excluding hydrogens is 244 g/mol. The normalized spacial score (nSPS) is 15.1. The fourth-order valence-corrected chi connectivity index (χ4v) is 1.56. The van der Waals surface area contributed by atoms with Gasteiger partial charge in [0.15, 0.2) is 0 Å². The van der Waals surface area contributed by atoms with Crippen molar-refractivity contribution in [3.63, 3.8) is 0 Å². The third-order valence-electron chi connectivity index (χ3n) is 2.27. The second-order valence-corrected chi connectivity index (χ2v) is 4.26. The number of hydrogen-bond donors (Lipinski definition) is 0. The molecule has 0 spiro atoms. The standard InChI is InChI=1S/C11H21BrO2/c1-4-11(2,10-12)6-5-7-14-9-8-13-3/h4H,1,5-10H2,2-3H3. The molecule has 0 aliphatic carbocycles. The van der Waals surface area contributed by atoms with Crippen LogP contribution in [0.1, 0.15) is 19.8 Å². The first-order valence-electron chi connectivity index (χ1n) is 4.95. The molecule has 84 valence electrons. The molecule has 0 aliphatic rings. The van der Waals surface area contributed by atoms with Crippen molar-refractivity contribution in [3.8, 4) is 0 Å². The van der Waals surface area contributed by atoms with Crippen LogP contribution in [-0.4, -0.2) is 32.3 Å². The van der Waals surface area contributed by atoms with E-state index < -0.39 is 0 Å². The molecule has 0 fully saturated rings. The minimum Gasteiger partial charge on any atom is -0.382 e. The van der Waals surface area contributed by atoms with Crippen LogP contribution in [0.25, 0.3) is 0 Å². The molecule has 0 heterocycles. The van der Waals surface area contributed by atoms with E-state index in [9.17, 15) is 0 Å². The fourth-order valence-electron chi connectivity index (χ4n) is 1.05. The highest BCUT2D eigenvalue weighted by molar-refractivity contribution is 9.09. The Balaban J connectivity index is 3.38. The first kappa shape index (κ1) is 14.1. The quantitative estimate of drug-likeness (QED) is 0.362. The van der Waals surface area contributed by atoms with Gasteiger partial charge in [0.1, 0.15) is 0 Å². The van der Waals surface area contributed by atoms with Gasteiger partial charge in [-0.3, -0.25) is 0 Å². The number of rotatable bonds is 9. The van der Waals surface area contributed by atoms with Crippen LogP contribution in [0.5, 0.6) is 0 Å². The summed E-state index contributed by atoms with van der Waals surface area (Å²) >= 11 is 3.49. The van der Waals surface area contributed by atoms with Gasteiger partial charge in [-0.2, -0.15) is 0 Å². The average molecular weight is 265 g/mol. The van der Waals surface area contributed by atoms with Crippen LogP contribution in [0, 0.1) is 5.41 Å². The van der Waals surface area contributed by atoms with Crippen molar-refractivity contribution in [3.05, 3.63) is 12.7 Å². The Bertz CT molecular complexity index is 150. The van der Waals surface area contributed by atoms with Crippen molar-refractivity contribution in [1.29, 1.82) is 0 Å². The van der Waals surface area contributed by atoms with Crippen molar-refractivity contribution >= 4 is 15.9 Å². The molecule has 0 aliphatic heterocycles. The summed E-state index contributed by atoms with van der Waals surface area (Å²) in [6.45, 7) is 8.21. The van der Waals surface area contributed by atoms with Crippen molar-refractivity contribution < 1.29 is 9.47 Å². The monoisotopic (exact) mass is 264 g/mol. The minimum atomic E-state index is 0.199. The lowest BCUT2D eigenvalue weighted by Crippen LogP contribution is -2.15. The summed E-state index contributed by atoms with van der Waals surface area (Å²) in [4.78, 5) is 0. The van der Waals surface area contributed by atoms with Crippen LogP contribution in [0.15, 0.2) is 12.7 Å². The Hall–Kier alpha value is 0.140. The Morgan fingerprint density at radius 3 is 2.57 bits per heavy atom. The van der Waals surface area contributed by atoms with E-state index in [2.05, 4.69) is 29.4 Å². The van der Waals surface area contributed by atoms with Gasteiger partial charge in [0.2, 0.25) is 0 Å². The smallest absolute Gasteiger partial charge is 0.0700 e. The van der Waals surface area contributed by atoms with E-state index in [1.54, 1.807) is 7.11 Å². The molecule has 0 aromatic carbocycles. The molecule has 1 unspecified atom stereocenters. The second kappa shape index (κ2) is 8.45. The van der Waals surface area contributed by atoms with E-state index in [1.165, 1.54) is 0 Å². The number of allylic oxidation sites excluding steroid dienone is 1. The SMILES string of the molecule is C=CC(C)(CBr)CCCOCCOC. The zero-order valence-corrected chi connectivity index (χ0v) is 10.8. The molecule has 0 saturated heterocycles. The van der Waals surface area contributed by atoms with Crippen LogP contribution in [-0.2, 0) is 9.47 Å². The number of alkyl halides is 1. The predicted molar refractivity (Wildman–Crippen MR) is 64.0 cm³/mol. The van der Waals surface area contributed by atoms with Gasteiger partial charge in [0.25, 0.3) is 0 Å². The molecular formula is C11H21BrO2. The van der Waals surface area contributed by atoms with Crippen LogP contribution in [0.2, 0.25) is 0 Å². The summed E-state index contributed by atoms with van der Waals surface area (Å²) in [5.41, 5.74) is 0.199. The maximum Gasteiger partial charge on any atom is 0.0700 e. The molecule has 3 heteroatoms. The largest absolute Gasteiger partial charge is 0.382 e. The Labute approximate surface area is 95.8 Å². The molecule has 0 amide bonds. The minimum absolute atomic E-state index is 0.199. The third-order valence-corrected chi connectivity index (χ3v) is 3.55. The van der Waals surface area contributed by atoms with Gasteiger partial charge in [-0.15, -0.1) is 6.58 Å². The van der Waals surface area contributed by atoms with E-state index in [4.69, 9.17) is 9.47 Å². The summed E-state index contributed by atoms with van der Waals surface area (Å²) < 4.78 is 10.3. The van der Waals surface area contributed by atoms with Crippen LogP contribution < -0.4 is 0 Å². The number of ether oxygens (including phenoxy) is 2. The molecule has 0 aromatic heterocycles. The third kappa shape index (κ3) is 6.57. The predicted octanol–water partition coefficient (Wildman–Crippen LogP) is 3.02. The summed E-state index contributed by atoms with van der Waals surface area (Å²) in [6.07, 6.45) is 4.18. The molecule has 0 N–H and O–H groups in total. The van der Waals surface area contributed by atoms with Gasteiger partial charge in [-0.25, -0.2) is 0 Å². The zero-order chi connectivity index (χ0) is 10.9. The Kier molecular flexibility index (Phi) is 8.53. The van der Waals surface area contributed by atoms with E-state index in [-0.39, 0.29) is 5.41 Å². The van der Waals surface area contributed by atoms with Crippen LogP contribution >= 0.6 is 15.9 Å². The van der Waals surface area contributed by atoms with Crippen molar-refractivity contribution in [2.75, 3.05) is 32.3 Å². The fraction of sp³-hybridized carbons (Fsp3) is 0.818. The Morgan fingerprint density at radius 1 is 1.36 bits per heavy atom. The van der Waals surface area contributed by atoms with Crippen molar-refractivity contribution in [2.24, 2.45) is 5.41 Å². The molecule has 0 aromatic rings. The molecule has 0 saturated carbocycles. The first-order valence-corrected chi connectivity index (χ1v) is 6.07. The van der Waals surface area contributed by atoms with Gasteiger partial charge < -0.3 is 9.47 Å². The highest BCUT2D eigenvalue weighted by Crippen LogP contribution is 2.26. The van der Waals surface area contributed by atoms with E-state index in [0.29, 0.717) is 13.2 Å².